The Bertz CT molecular complexity index is 541. The minimum Gasteiger partial charge on any atom is -0.453 e. The van der Waals surface area contributed by atoms with Crippen LogP contribution in [0.25, 0.3) is 0 Å². The number of aromatic nitrogens is 1. The molecule has 2 rings (SSSR count). The molecule has 0 aliphatic carbocycles. The summed E-state index contributed by atoms with van der Waals surface area (Å²) in [5.74, 6) is -1.22. The molecule has 0 amide bonds. The van der Waals surface area contributed by atoms with Gasteiger partial charge in [-0.2, -0.15) is 0 Å². The van der Waals surface area contributed by atoms with Gasteiger partial charge >= 0.3 is 0 Å². The summed E-state index contributed by atoms with van der Waals surface area (Å²) in [6.45, 7) is 1.59. The summed E-state index contributed by atoms with van der Waals surface area (Å²) in [4.78, 5) is 3.95. The Balaban J connectivity index is 2.18. The molecule has 0 fully saturated rings. The van der Waals surface area contributed by atoms with Gasteiger partial charge in [-0.3, -0.25) is 4.98 Å². The number of hydrogen-bond donors (Lipinski definition) is 1. The lowest BCUT2D eigenvalue weighted by Gasteiger charge is -2.08. The van der Waals surface area contributed by atoms with Crippen molar-refractivity contribution < 1.29 is 18.6 Å². The monoisotopic (exact) mass is 251 g/mol. The third-order valence-corrected chi connectivity index (χ3v) is 2.31. The molecule has 3 nitrogen and oxygen atoms in total. The lowest BCUT2D eigenvalue weighted by molar-refractivity contribution is 0.194. The van der Waals surface area contributed by atoms with Crippen molar-refractivity contribution in [1.29, 1.82) is 0 Å². The van der Waals surface area contributed by atoms with E-state index in [4.69, 9.17) is 4.74 Å². The molecule has 1 heterocycles. The molecule has 1 atom stereocenters. The van der Waals surface area contributed by atoms with Crippen LogP contribution < -0.4 is 4.74 Å². The first-order valence-corrected chi connectivity index (χ1v) is 5.33. The molecular weight excluding hydrogens is 240 g/mol. The van der Waals surface area contributed by atoms with E-state index < -0.39 is 17.7 Å². The largest absolute Gasteiger partial charge is 0.453 e. The summed E-state index contributed by atoms with van der Waals surface area (Å²) in [5.41, 5.74) is 0.488. The lowest BCUT2D eigenvalue weighted by atomic mass is 10.2. The Kier molecular flexibility index (Phi) is 3.53. The number of halogens is 2. The highest BCUT2D eigenvalue weighted by Crippen LogP contribution is 2.25. The van der Waals surface area contributed by atoms with Gasteiger partial charge in [-0.1, -0.05) is 0 Å². The van der Waals surface area contributed by atoms with E-state index in [0.717, 1.165) is 12.1 Å². The number of ether oxygens (including phenoxy) is 1. The van der Waals surface area contributed by atoms with Crippen molar-refractivity contribution in [1.82, 2.24) is 4.98 Å². The minimum atomic E-state index is -0.783. The quantitative estimate of drug-likeness (QED) is 0.910. The van der Waals surface area contributed by atoms with E-state index in [2.05, 4.69) is 4.98 Å². The second kappa shape index (κ2) is 5.10. The number of benzene rings is 1. The van der Waals surface area contributed by atoms with Crippen molar-refractivity contribution in [2.24, 2.45) is 0 Å². The molecular formula is C13H11F2NO2. The summed E-state index contributed by atoms with van der Waals surface area (Å²) in [5, 5.41) is 9.27. The van der Waals surface area contributed by atoms with Crippen molar-refractivity contribution >= 4 is 0 Å². The van der Waals surface area contributed by atoms with Gasteiger partial charge in [0.15, 0.2) is 11.6 Å². The van der Waals surface area contributed by atoms with Gasteiger partial charge < -0.3 is 9.84 Å². The molecule has 1 aromatic heterocycles. The molecule has 1 aromatic carbocycles. The Morgan fingerprint density at radius 1 is 1.22 bits per heavy atom. The first kappa shape index (κ1) is 12.4. The van der Waals surface area contributed by atoms with Gasteiger partial charge in [0.2, 0.25) is 0 Å². The number of nitrogens with zero attached hydrogens (tertiary/aromatic N) is 1. The molecule has 18 heavy (non-hydrogen) atoms. The van der Waals surface area contributed by atoms with Crippen LogP contribution in [-0.2, 0) is 0 Å². The van der Waals surface area contributed by atoms with Crippen LogP contribution in [0.2, 0.25) is 0 Å². The van der Waals surface area contributed by atoms with Crippen LogP contribution in [0.4, 0.5) is 8.78 Å². The van der Waals surface area contributed by atoms with E-state index >= 15 is 0 Å². The van der Waals surface area contributed by atoms with Gasteiger partial charge in [-0.25, -0.2) is 8.78 Å². The second-order valence-electron chi connectivity index (χ2n) is 3.77. The number of rotatable bonds is 3. The number of pyridine rings is 1. The fourth-order valence-corrected chi connectivity index (χ4v) is 1.38. The van der Waals surface area contributed by atoms with Crippen molar-refractivity contribution in [3.8, 4) is 11.5 Å². The fourth-order valence-electron chi connectivity index (χ4n) is 1.38. The molecule has 2 aromatic rings. The van der Waals surface area contributed by atoms with E-state index in [-0.39, 0.29) is 5.75 Å². The Morgan fingerprint density at radius 3 is 2.56 bits per heavy atom. The maximum atomic E-state index is 13.3. The molecule has 0 aliphatic heterocycles. The second-order valence-corrected chi connectivity index (χ2v) is 3.77. The maximum absolute atomic E-state index is 13.3. The first-order chi connectivity index (χ1) is 8.56. The molecule has 0 spiro atoms. The van der Waals surface area contributed by atoms with E-state index in [1.807, 2.05) is 0 Å². The van der Waals surface area contributed by atoms with Gasteiger partial charge in [0.25, 0.3) is 0 Å². The van der Waals surface area contributed by atoms with Crippen LogP contribution in [0, 0.1) is 11.6 Å². The van der Waals surface area contributed by atoms with Gasteiger partial charge in [-0.15, -0.1) is 0 Å². The Hall–Kier alpha value is -2.01. The number of aliphatic hydroxyl groups excluding tert-OH is 1. The first-order valence-electron chi connectivity index (χ1n) is 5.33. The summed E-state index contributed by atoms with van der Waals surface area (Å²) in [6.07, 6.45) is 0.687. The van der Waals surface area contributed by atoms with Gasteiger partial charge in [0.1, 0.15) is 11.6 Å². The van der Waals surface area contributed by atoms with E-state index in [1.54, 1.807) is 19.1 Å². The van der Waals surface area contributed by atoms with E-state index in [9.17, 15) is 13.9 Å². The van der Waals surface area contributed by atoms with Crippen LogP contribution in [0.3, 0.4) is 0 Å². The van der Waals surface area contributed by atoms with Crippen LogP contribution in [0.1, 0.15) is 18.7 Å². The molecule has 0 aliphatic rings. The molecule has 1 N–H and O–H groups in total. The van der Waals surface area contributed by atoms with Gasteiger partial charge in [0.05, 0.1) is 18.0 Å². The van der Waals surface area contributed by atoms with E-state index in [0.29, 0.717) is 11.4 Å². The summed E-state index contributed by atoms with van der Waals surface area (Å²) < 4.78 is 31.2. The summed E-state index contributed by atoms with van der Waals surface area (Å²) in [7, 11) is 0. The highest BCUT2D eigenvalue weighted by molar-refractivity contribution is 5.31. The predicted molar refractivity (Wildman–Crippen MR) is 61.3 cm³/mol. The lowest BCUT2D eigenvalue weighted by Crippen LogP contribution is -1.95. The zero-order valence-corrected chi connectivity index (χ0v) is 9.60. The van der Waals surface area contributed by atoms with Crippen molar-refractivity contribution in [2.75, 3.05) is 0 Å². The number of aliphatic hydroxyl groups is 1. The van der Waals surface area contributed by atoms with Crippen LogP contribution in [-0.4, -0.2) is 10.1 Å². The Labute approximate surface area is 103 Å². The molecule has 0 unspecified atom stereocenters. The third kappa shape index (κ3) is 2.81. The number of hydrogen-bond acceptors (Lipinski definition) is 3. The molecule has 0 saturated carbocycles. The molecule has 0 saturated heterocycles. The SMILES string of the molecule is C[C@H](O)c1ccc(Oc2ccc(F)cc2F)cn1. The molecule has 0 bridgehead atoms. The summed E-state index contributed by atoms with van der Waals surface area (Å²) >= 11 is 0. The van der Waals surface area contributed by atoms with Crippen molar-refractivity contribution in [3.05, 3.63) is 53.9 Å². The highest BCUT2D eigenvalue weighted by Gasteiger charge is 2.07. The summed E-state index contributed by atoms with van der Waals surface area (Å²) in [6, 6.07) is 6.18. The Morgan fingerprint density at radius 2 is 2.00 bits per heavy atom. The van der Waals surface area contributed by atoms with Crippen LogP contribution in [0.15, 0.2) is 36.5 Å². The van der Waals surface area contributed by atoms with Gasteiger partial charge in [0, 0.05) is 6.07 Å². The minimum absolute atomic E-state index is 0.0806. The smallest absolute Gasteiger partial charge is 0.168 e. The fraction of sp³-hybridized carbons (Fsp3) is 0.154. The normalized spacial score (nSPS) is 12.2. The average molecular weight is 251 g/mol. The molecule has 5 heteroatoms. The zero-order chi connectivity index (χ0) is 13.1. The van der Waals surface area contributed by atoms with Crippen molar-refractivity contribution in [3.63, 3.8) is 0 Å². The zero-order valence-electron chi connectivity index (χ0n) is 9.60. The highest BCUT2D eigenvalue weighted by atomic mass is 19.1. The van der Waals surface area contributed by atoms with Gasteiger partial charge in [-0.05, 0) is 31.2 Å². The van der Waals surface area contributed by atoms with Crippen LogP contribution in [0.5, 0.6) is 11.5 Å². The molecule has 94 valence electrons. The third-order valence-electron chi connectivity index (χ3n) is 2.31. The van der Waals surface area contributed by atoms with Crippen molar-refractivity contribution in [2.45, 2.75) is 13.0 Å². The standard InChI is InChI=1S/C13H11F2NO2/c1-8(17)12-4-3-10(7-16-12)18-13-5-2-9(14)6-11(13)15/h2-8,17H,1H3/t8-/m0/s1. The average Bonchev–Trinajstić information content (AvgIpc) is 2.33. The predicted octanol–water partition coefficient (Wildman–Crippen LogP) is 3.21. The maximum Gasteiger partial charge on any atom is 0.168 e. The molecule has 0 radical (unpaired) electrons. The van der Waals surface area contributed by atoms with E-state index in [1.165, 1.54) is 12.3 Å². The van der Waals surface area contributed by atoms with Crippen LogP contribution >= 0.6 is 0 Å². The topological polar surface area (TPSA) is 42.4 Å².